The standard InChI is InChI=1S/C21H25N7O/c1-14-10-18-19(11-15(14)2)23-21(22-18)16-5-7-27(8-6-16)13-20-24-25-26-28(20)12-17-4-3-9-29-17/h3-4,9-11,16H,5-8,12-13H2,1-2H3,(H,22,23). The SMILES string of the molecule is Cc1cc2nc(C3CCN(Cc4nnnn4Cc4ccco4)CC3)[nH]c2cc1C. The van der Waals surface area contributed by atoms with E-state index in [0.29, 0.717) is 12.5 Å². The largest absolute Gasteiger partial charge is 0.467 e. The molecule has 150 valence electrons. The summed E-state index contributed by atoms with van der Waals surface area (Å²) >= 11 is 0. The van der Waals surface area contributed by atoms with Gasteiger partial charge in [-0.2, -0.15) is 0 Å². The van der Waals surface area contributed by atoms with Crippen molar-refractivity contribution in [2.75, 3.05) is 13.1 Å². The Morgan fingerprint density at radius 2 is 1.97 bits per heavy atom. The highest BCUT2D eigenvalue weighted by Crippen LogP contribution is 2.29. The van der Waals surface area contributed by atoms with Crippen molar-refractivity contribution in [2.45, 2.75) is 45.7 Å². The van der Waals surface area contributed by atoms with E-state index in [2.05, 4.69) is 51.4 Å². The average molecular weight is 391 g/mol. The van der Waals surface area contributed by atoms with E-state index in [1.807, 2.05) is 16.8 Å². The van der Waals surface area contributed by atoms with Gasteiger partial charge in [0.2, 0.25) is 0 Å². The molecule has 29 heavy (non-hydrogen) atoms. The van der Waals surface area contributed by atoms with Crippen LogP contribution in [0.1, 0.15) is 47.3 Å². The van der Waals surface area contributed by atoms with E-state index in [1.165, 1.54) is 11.1 Å². The number of fused-ring (bicyclic) bond motifs is 1. The minimum absolute atomic E-state index is 0.471. The smallest absolute Gasteiger partial charge is 0.165 e. The van der Waals surface area contributed by atoms with E-state index in [0.717, 1.165) is 60.9 Å². The Balaban J connectivity index is 1.23. The molecule has 0 saturated carbocycles. The number of nitrogens with zero attached hydrogens (tertiary/aromatic N) is 6. The summed E-state index contributed by atoms with van der Waals surface area (Å²) in [5.41, 5.74) is 4.80. The maximum absolute atomic E-state index is 5.41. The first-order valence-electron chi connectivity index (χ1n) is 10.1. The van der Waals surface area contributed by atoms with Crippen LogP contribution in [0, 0.1) is 13.8 Å². The van der Waals surface area contributed by atoms with Gasteiger partial charge in [-0.15, -0.1) is 5.10 Å². The number of furan rings is 1. The molecule has 4 aromatic rings. The number of aryl methyl sites for hydroxylation is 2. The average Bonchev–Trinajstić information content (AvgIpc) is 3.46. The second kappa shape index (κ2) is 7.44. The van der Waals surface area contributed by atoms with Gasteiger partial charge in [-0.25, -0.2) is 9.67 Å². The summed E-state index contributed by atoms with van der Waals surface area (Å²) in [6.45, 7) is 7.61. The number of tetrazole rings is 1. The minimum Gasteiger partial charge on any atom is -0.467 e. The highest BCUT2D eigenvalue weighted by Gasteiger charge is 2.24. The second-order valence-corrected chi connectivity index (χ2v) is 7.96. The third-order valence-corrected chi connectivity index (χ3v) is 5.95. The number of nitrogens with one attached hydrogen (secondary N) is 1. The molecule has 1 N–H and O–H groups in total. The maximum atomic E-state index is 5.41. The molecule has 0 bridgehead atoms. The molecule has 8 heteroatoms. The van der Waals surface area contributed by atoms with Crippen LogP contribution in [0.3, 0.4) is 0 Å². The fraction of sp³-hybridized carbons (Fsp3) is 0.429. The zero-order valence-corrected chi connectivity index (χ0v) is 16.8. The minimum atomic E-state index is 0.471. The summed E-state index contributed by atoms with van der Waals surface area (Å²) in [6, 6.07) is 8.20. The molecule has 8 nitrogen and oxygen atoms in total. The Hall–Kier alpha value is -3.00. The lowest BCUT2D eigenvalue weighted by Gasteiger charge is -2.30. The number of aromatic nitrogens is 6. The zero-order chi connectivity index (χ0) is 19.8. The van der Waals surface area contributed by atoms with Crippen LogP contribution in [0.15, 0.2) is 34.9 Å². The summed E-state index contributed by atoms with van der Waals surface area (Å²) < 4.78 is 7.23. The van der Waals surface area contributed by atoms with Crippen LogP contribution >= 0.6 is 0 Å². The van der Waals surface area contributed by atoms with Gasteiger partial charge in [0.25, 0.3) is 0 Å². The Morgan fingerprint density at radius 3 is 2.76 bits per heavy atom. The van der Waals surface area contributed by atoms with Crippen molar-refractivity contribution in [2.24, 2.45) is 0 Å². The number of hydrogen-bond acceptors (Lipinski definition) is 6. The van der Waals surface area contributed by atoms with Crippen LogP contribution in [0.25, 0.3) is 11.0 Å². The van der Waals surface area contributed by atoms with E-state index < -0.39 is 0 Å². The van der Waals surface area contributed by atoms with E-state index in [-0.39, 0.29) is 0 Å². The predicted molar refractivity (Wildman–Crippen MR) is 108 cm³/mol. The summed E-state index contributed by atoms with van der Waals surface area (Å²) in [5, 5.41) is 12.2. The molecule has 1 aliphatic heterocycles. The normalized spacial score (nSPS) is 16.1. The van der Waals surface area contributed by atoms with Gasteiger partial charge in [-0.3, -0.25) is 4.90 Å². The zero-order valence-electron chi connectivity index (χ0n) is 16.8. The van der Waals surface area contributed by atoms with Crippen molar-refractivity contribution in [1.29, 1.82) is 0 Å². The molecular formula is C21H25N7O. The van der Waals surface area contributed by atoms with Gasteiger partial charge in [-0.05, 0) is 85.6 Å². The molecule has 0 aliphatic carbocycles. The second-order valence-electron chi connectivity index (χ2n) is 7.96. The molecule has 1 fully saturated rings. The molecule has 1 aromatic carbocycles. The van der Waals surface area contributed by atoms with Crippen molar-refractivity contribution >= 4 is 11.0 Å². The van der Waals surface area contributed by atoms with Crippen molar-refractivity contribution < 1.29 is 4.42 Å². The number of likely N-dealkylation sites (tertiary alicyclic amines) is 1. The van der Waals surface area contributed by atoms with Gasteiger partial charge in [0.05, 0.1) is 23.8 Å². The quantitative estimate of drug-likeness (QED) is 0.562. The van der Waals surface area contributed by atoms with Gasteiger partial charge < -0.3 is 9.40 Å². The summed E-state index contributed by atoms with van der Waals surface area (Å²) in [7, 11) is 0. The number of piperidine rings is 1. The molecule has 1 aliphatic rings. The topological polar surface area (TPSA) is 88.7 Å². The van der Waals surface area contributed by atoms with Gasteiger partial charge in [0.1, 0.15) is 18.1 Å². The van der Waals surface area contributed by atoms with Crippen molar-refractivity contribution in [3.05, 3.63) is 59.1 Å². The first-order valence-corrected chi connectivity index (χ1v) is 10.1. The number of rotatable bonds is 5. The summed E-state index contributed by atoms with van der Waals surface area (Å²) in [4.78, 5) is 10.8. The van der Waals surface area contributed by atoms with Gasteiger partial charge in [0, 0.05) is 5.92 Å². The van der Waals surface area contributed by atoms with Crippen molar-refractivity contribution in [3.8, 4) is 0 Å². The fourth-order valence-electron chi connectivity index (χ4n) is 4.06. The van der Waals surface area contributed by atoms with Crippen LogP contribution in [0.2, 0.25) is 0 Å². The maximum Gasteiger partial charge on any atom is 0.165 e. The van der Waals surface area contributed by atoms with E-state index in [9.17, 15) is 0 Å². The molecule has 4 heterocycles. The molecule has 0 amide bonds. The molecule has 0 spiro atoms. The van der Waals surface area contributed by atoms with Crippen molar-refractivity contribution in [3.63, 3.8) is 0 Å². The van der Waals surface area contributed by atoms with Crippen LogP contribution in [-0.2, 0) is 13.1 Å². The predicted octanol–water partition coefficient (Wildman–Crippen LogP) is 3.19. The first kappa shape index (κ1) is 18.1. The number of aromatic amines is 1. The Labute approximate surface area is 168 Å². The van der Waals surface area contributed by atoms with E-state index >= 15 is 0 Å². The van der Waals surface area contributed by atoms with E-state index in [4.69, 9.17) is 9.40 Å². The molecule has 5 rings (SSSR count). The molecule has 1 saturated heterocycles. The number of benzene rings is 1. The third-order valence-electron chi connectivity index (χ3n) is 5.95. The molecule has 0 unspecified atom stereocenters. The van der Waals surface area contributed by atoms with Gasteiger partial charge >= 0.3 is 0 Å². The van der Waals surface area contributed by atoms with Gasteiger partial charge in [-0.1, -0.05) is 0 Å². The summed E-state index contributed by atoms with van der Waals surface area (Å²) in [5.74, 6) is 3.31. The van der Waals surface area contributed by atoms with Crippen LogP contribution < -0.4 is 0 Å². The Kier molecular flexibility index (Phi) is 4.63. The van der Waals surface area contributed by atoms with Crippen LogP contribution in [0.4, 0.5) is 0 Å². The highest BCUT2D eigenvalue weighted by molar-refractivity contribution is 5.77. The molecule has 3 aromatic heterocycles. The van der Waals surface area contributed by atoms with Crippen molar-refractivity contribution in [1.82, 2.24) is 35.1 Å². The van der Waals surface area contributed by atoms with Gasteiger partial charge in [0.15, 0.2) is 5.82 Å². The lowest BCUT2D eigenvalue weighted by molar-refractivity contribution is 0.194. The number of H-pyrrole nitrogens is 1. The van der Waals surface area contributed by atoms with E-state index in [1.54, 1.807) is 6.26 Å². The Bertz CT molecular complexity index is 1060. The first-order chi connectivity index (χ1) is 14.2. The third kappa shape index (κ3) is 3.67. The summed E-state index contributed by atoms with van der Waals surface area (Å²) in [6.07, 6.45) is 3.83. The fourth-order valence-corrected chi connectivity index (χ4v) is 4.06. The van der Waals surface area contributed by atoms with Crippen LogP contribution in [0.5, 0.6) is 0 Å². The Morgan fingerprint density at radius 1 is 1.14 bits per heavy atom. The lowest BCUT2D eigenvalue weighted by atomic mass is 9.96. The molecular weight excluding hydrogens is 366 g/mol. The van der Waals surface area contributed by atoms with Crippen LogP contribution in [-0.4, -0.2) is 48.2 Å². The molecule has 0 atom stereocenters. The lowest BCUT2D eigenvalue weighted by Crippen LogP contribution is -2.33. The number of imidazole rings is 1. The monoisotopic (exact) mass is 391 g/mol. The number of hydrogen-bond donors (Lipinski definition) is 1. The molecule has 0 radical (unpaired) electrons. The highest BCUT2D eigenvalue weighted by atomic mass is 16.3.